The van der Waals surface area contributed by atoms with Crippen LogP contribution in [0.3, 0.4) is 0 Å². The lowest BCUT2D eigenvalue weighted by Gasteiger charge is -2.06. The Hall–Kier alpha value is -2.41. The fourth-order valence-corrected chi connectivity index (χ4v) is 2.14. The van der Waals surface area contributed by atoms with Crippen LogP contribution in [0.15, 0.2) is 35.7 Å². The highest BCUT2D eigenvalue weighted by molar-refractivity contribution is 7.12. The molecule has 5 nitrogen and oxygen atoms in total. The van der Waals surface area contributed by atoms with E-state index < -0.39 is 24.3 Å². The maximum absolute atomic E-state index is 13.3. The molecule has 0 bridgehead atoms. The molecule has 20 heavy (non-hydrogen) atoms. The molecule has 2 rings (SSSR count). The number of hydrogen-bond acceptors (Lipinski definition) is 5. The second-order valence-electron chi connectivity index (χ2n) is 3.81. The summed E-state index contributed by atoms with van der Waals surface area (Å²) in [6.45, 7) is -0.509. The Labute approximate surface area is 118 Å². The summed E-state index contributed by atoms with van der Waals surface area (Å²) in [6, 6.07) is 7.28. The molecule has 0 aliphatic heterocycles. The summed E-state index contributed by atoms with van der Waals surface area (Å²) in [6.07, 6.45) is 0. The molecular weight excluding hydrogens is 283 g/mol. The van der Waals surface area contributed by atoms with Crippen molar-refractivity contribution in [3.63, 3.8) is 0 Å². The smallest absolute Gasteiger partial charge is 0.350 e. The average molecular weight is 294 g/mol. The molecule has 104 valence electrons. The maximum atomic E-state index is 13.3. The summed E-state index contributed by atoms with van der Waals surface area (Å²) in [7, 11) is 0. The normalized spacial score (nSPS) is 10.1. The third-order valence-electron chi connectivity index (χ3n) is 2.36. The van der Waals surface area contributed by atoms with Crippen molar-refractivity contribution in [2.45, 2.75) is 0 Å². The highest BCUT2D eigenvalue weighted by Crippen LogP contribution is 2.19. The number of para-hydroxylation sites is 1. The second kappa shape index (κ2) is 6.16. The number of halogens is 1. The molecule has 0 atom stereocenters. The summed E-state index contributed by atoms with van der Waals surface area (Å²) in [5.41, 5.74) is 5.88. The molecule has 1 aromatic carbocycles. The maximum Gasteiger partial charge on any atom is 0.350 e. The molecule has 0 unspecified atom stereocenters. The SMILES string of the molecule is Nc1ccsc1C(=O)OCC(=O)Nc1ccccc1F. The lowest BCUT2D eigenvalue weighted by molar-refractivity contribution is -0.119. The first kappa shape index (κ1) is 14.0. The standard InChI is InChI=1S/C13H11FN2O3S/c14-8-3-1-2-4-10(8)16-11(17)7-19-13(18)12-9(15)5-6-20-12/h1-6H,7,15H2,(H,16,17). The van der Waals surface area contributed by atoms with Gasteiger partial charge >= 0.3 is 5.97 Å². The van der Waals surface area contributed by atoms with Crippen LogP contribution in [-0.4, -0.2) is 18.5 Å². The van der Waals surface area contributed by atoms with E-state index in [0.717, 1.165) is 11.3 Å². The van der Waals surface area contributed by atoms with E-state index in [-0.39, 0.29) is 10.6 Å². The lowest BCUT2D eigenvalue weighted by Crippen LogP contribution is -2.21. The van der Waals surface area contributed by atoms with Crippen LogP contribution < -0.4 is 11.1 Å². The Bertz CT molecular complexity index is 642. The van der Waals surface area contributed by atoms with Crippen LogP contribution >= 0.6 is 11.3 Å². The number of amides is 1. The Morgan fingerprint density at radius 3 is 2.70 bits per heavy atom. The summed E-state index contributed by atoms with van der Waals surface area (Å²) >= 11 is 1.12. The van der Waals surface area contributed by atoms with Gasteiger partial charge < -0.3 is 15.8 Å². The molecule has 0 saturated heterocycles. The van der Waals surface area contributed by atoms with E-state index in [2.05, 4.69) is 5.32 Å². The van der Waals surface area contributed by atoms with Crippen LogP contribution in [0, 0.1) is 5.82 Å². The fraction of sp³-hybridized carbons (Fsp3) is 0.0769. The first-order valence-corrected chi connectivity index (χ1v) is 6.50. The van der Waals surface area contributed by atoms with Crippen LogP contribution in [0.1, 0.15) is 9.67 Å². The minimum absolute atomic E-state index is 0.0317. The summed E-state index contributed by atoms with van der Waals surface area (Å²) in [4.78, 5) is 23.4. The van der Waals surface area contributed by atoms with Crippen molar-refractivity contribution < 1.29 is 18.7 Å². The largest absolute Gasteiger partial charge is 0.451 e. The summed E-state index contributed by atoms with van der Waals surface area (Å²) in [5.74, 6) is -1.87. The van der Waals surface area contributed by atoms with Crippen molar-refractivity contribution in [2.24, 2.45) is 0 Å². The van der Waals surface area contributed by atoms with Gasteiger partial charge in [-0.1, -0.05) is 12.1 Å². The van der Waals surface area contributed by atoms with E-state index in [1.165, 1.54) is 18.2 Å². The number of anilines is 2. The van der Waals surface area contributed by atoms with Crippen molar-refractivity contribution in [1.29, 1.82) is 0 Å². The number of nitrogens with one attached hydrogen (secondary N) is 1. The number of esters is 1. The third-order valence-corrected chi connectivity index (χ3v) is 3.27. The van der Waals surface area contributed by atoms with Crippen molar-refractivity contribution in [2.75, 3.05) is 17.7 Å². The molecular formula is C13H11FN2O3S. The number of carbonyl (C=O) groups is 2. The number of ether oxygens (including phenoxy) is 1. The molecule has 0 aliphatic carbocycles. The Morgan fingerprint density at radius 2 is 2.05 bits per heavy atom. The van der Waals surface area contributed by atoms with Crippen molar-refractivity contribution >= 4 is 34.6 Å². The molecule has 2 aromatic rings. The third kappa shape index (κ3) is 3.33. The minimum atomic E-state index is -0.679. The van der Waals surface area contributed by atoms with Gasteiger partial charge in [0.2, 0.25) is 0 Å². The number of benzene rings is 1. The van der Waals surface area contributed by atoms with E-state index in [1.807, 2.05) is 0 Å². The molecule has 7 heteroatoms. The molecule has 1 heterocycles. The quantitative estimate of drug-likeness (QED) is 0.847. The van der Waals surface area contributed by atoms with Gasteiger partial charge in [-0.15, -0.1) is 11.3 Å². The van der Waals surface area contributed by atoms with Gasteiger partial charge in [0, 0.05) is 0 Å². The first-order valence-electron chi connectivity index (χ1n) is 5.62. The molecule has 0 saturated carbocycles. The monoisotopic (exact) mass is 294 g/mol. The Kier molecular flexibility index (Phi) is 4.31. The molecule has 0 aliphatic rings. The number of nitrogen functional groups attached to an aromatic ring is 1. The van der Waals surface area contributed by atoms with Gasteiger partial charge in [-0.3, -0.25) is 4.79 Å². The fourth-order valence-electron chi connectivity index (χ4n) is 1.43. The van der Waals surface area contributed by atoms with Crippen LogP contribution in [-0.2, 0) is 9.53 Å². The number of carbonyl (C=O) groups excluding carboxylic acids is 2. The van der Waals surface area contributed by atoms with Gasteiger partial charge in [0.15, 0.2) is 6.61 Å². The number of rotatable bonds is 4. The van der Waals surface area contributed by atoms with Crippen molar-refractivity contribution in [1.82, 2.24) is 0 Å². The van der Waals surface area contributed by atoms with E-state index in [1.54, 1.807) is 17.5 Å². The van der Waals surface area contributed by atoms with Gasteiger partial charge in [0.25, 0.3) is 5.91 Å². The molecule has 0 spiro atoms. The Balaban J connectivity index is 1.89. The van der Waals surface area contributed by atoms with E-state index in [9.17, 15) is 14.0 Å². The Morgan fingerprint density at radius 1 is 1.30 bits per heavy atom. The molecule has 1 aromatic heterocycles. The van der Waals surface area contributed by atoms with Gasteiger partial charge in [0.1, 0.15) is 10.7 Å². The topological polar surface area (TPSA) is 81.4 Å². The minimum Gasteiger partial charge on any atom is -0.451 e. The molecule has 1 amide bonds. The highest BCUT2D eigenvalue weighted by atomic mass is 32.1. The van der Waals surface area contributed by atoms with Crippen LogP contribution in [0.2, 0.25) is 0 Å². The second-order valence-corrected chi connectivity index (χ2v) is 4.73. The number of hydrogen-bond donors (Lipinski definition) is 2. The molecule has 0 fully saturated rings. The first-order chi connectivity index (χ1) is 9.58. The van der Waals surface area contributed by atoms with Crippen LogP contribution in [0.4, 0.5) is 15.8 Å². The molecule has 3 N–H and O–H groups in total. The number of thiophene rings is 1. The van der Waals surface area contributed by atoms with Crippen molar-refractivity contribution in [3.05, 3.63) is 46.4 Å². The zero-order valence-corrected chi connectivity index (χ0v) is 11.1. The highest BCUT2D eigenvalue weighted by Gasteiger charge is 2.15. The van der Waals surface area contributed by atoms with Gasteiger partial charge in [-0.05, 0) is 23.6 Å². The predicted molar refractivity (Wildman–Crippen MR) is 74.0 cm³/mol. The van der Waals surface area contributed by atoms with Gasteiger partial charge in [-0.2, -0.15) is 0 Å². The van der Waals surface area contributed by atoms with Gasteiger partial charge in [-0.25, -0.2) is 9.18 Å². The lowest BCUT2D eigenvalue weighted by atomic mass is 10.3. The predicted octanol–water partition coefficient (Wildman–Crippen LogP) is 2.26. The summed E-state index contributed by atoms with van der Waals surface area (Å²) in [5, 5.41) is 3.95. The van der Waals surface area contributed by atoms with Gasteiger partial charge in [0.05, 0.1) is 11.4 Å². The zero-order valence-electron chi connectivity index (χ0n) is 10.3. The van der Waals surface area contributed by atoms with E-state index >= 15 is 0 Å². The van der Waals surface area contributed by atoms with E-state index in [0.29, 0.717) is 5.69 Å². The average Bonchev–Trinajstić information content (AvgIpc) is 2.85. The van der Waals surface area contributed by atoms with Crippen LogP contribution in [0.25, 0.3) is 0 Å². The molecule has 0 radical (unpaired) electrons. The number of nitrogens with two attached hydrogens (primary N) is 1. The van der Waals surface area contributed by atoms with Crippen LogP contribution in [0.5, 0.6) is 0 Å². The van der Waals surface area contributed by atoms with E-state index in [4.69, 9.17) is 10.5 Å². The van der Waals surface area contributed by atoms with Crippen molar-refractivity contribution in [3.8, 4) is 0 Å². The zero-order chi connectivity index (χ0) is 14.5. The summed E-state index contributed by atoms with van der Waals surface area (Å²) < 4.78 is 18.1.